The van der Waals surface area contributed by atoms with Crippen molar-refractivity contribution in [2.24, 2.45) is 17.3 Å². The number of carbonyl (C=O) groups excluding carboxylic acids is 2. The molecule has 0 radical (unpaired) electrons. The van der Waals surface area contributed by atoms with Crippen molar-refractivity contribution in [3.8, 4) is 0 Å². The fraction of sp³-hybridized carbons (Fsp3) is 0.500. The van der Waals surface area contributed by atoms with Gasteiger partial charge in [-0.2, -0.15) is 4.39 Å². The van der Waals surface area contributed by atoms with E-state index in [2.05, 4.69) is 0 Å². The first kappa shape index (κ1) is 19.2. The van der Waals surface area contributed by atoms with E-state index in [1.54, 1.807) is 20.8 Å². The number of benzene rings is 1. The molecule has 0 bridgehead atoms. The Morgan fingerprint density at radius 3 is 2.36 bits per heavy atom. The van der Waals surface area contributed by atoms with Crippen LogP contribution in [0.4, 0.5) is 4.39 Å². The first-order chi connectivity index (χ1) is 11.5. The number of rotatable bonds is 5. The third-order valence-electron chi connectivity index (χ3n) is 4.31. The molecule has 25 heavy (non-hydrogen) atoms. The lowest BCUT2D eigenvalue weighted by atomic mass is 10.1. The molecule has 0 N–H and O–H groups in total. The number of esters is 2. The SMILES string of the molecule is CC(C)(C)OC(=O)C(F)=C[C@H]1[C@@H](C(=O)OCc2ccccc2)C1(C)C. The van der Waals surface area contributed by atoms with Crippen LogP contribution in [0.15, 0.2) is 42.2 Å². The largest absolute Gasteiger partial charge is 0.461 e. The zero-order valence-electron chi connectivity index (χ0n) is 15.3. The minimum absolute atomic E-state index is 0.178. The molecule has 0 aliphatic heterocycles. The van der Waals surface area contributed by atoms with Crippen molar-refractivity contribution < 1.29 is 23.5 Å². The van der Waals surface area contributed by atoms with Crippen LogP contribution >= 0.6 is 0 Å². The molecule has 4 nitrogen and oxygen atoms in total. The van der Waals surface area contributed by atoms with Crippen LogP contribution < -0.4 is 0 Å². The predicted molar refractivity (Wildman–Crippen MR) is 92.0 cm³/mol. The summed E-state index contributed by atoms with van der Waals surface area (Å²) in [6, 6.07) is 9.35. The van der Waals surface area contributed by atoms with Crippen molar-refractivity contribution in [3.05, 3.63) is 47.8 Å². The summed E-state index contributed by atoms with van der Waals surface area (Å²) >= 11 is 0. The third-order valence-corrected chi connectivity index (χ3v) is 4.31. The molecular formula is C20H25FO4. The molecule has 1 aromatic rings. The summed E-state index contributed by atoms with van der Waals surface area (Å²) in [7, 11) is 0. The number of halogens is 1. The Labute approximate surface area is 148 Å². The van der Waals surface area contributed by atoms with E-state index in [4.69, 9.17) is 9.47 Å². The highest BCUT2D eigenvalue weighted by Crippen LogP contribution is 2.60. The smallest absolute Gasteiger partial charge is 0.367 e. The lowest BCUT2D eigenvalue weighted by molar-refractivity contribution is -0.152. The molecule has 1 saturated carbocycles. The van der Waals surface area contributed by atoms with Gasteiger partial charge in [0.25, 0.3) is 0 Å². The summed E-state index contributed by atoms with van der Waals surface area (Å²) in [6.45, 7) is 8.89. The van der Waals surface area contributed by atoms with Gasteiger partial charge in [0.1, 0.15) is 12.2 Å². The normalized spacial score (nSPS) is 22.2. The number of hydrogen-bond acceptors (Lipinski definition) is 4. The lowest BCUT2D eigenvalue weighted by Crippen LogP contribution is -2.24. The van der Waals surface area contributed by atoms with Crippen LogP contribution in [0.1, 0.15) is 40.2 Å². The predicted octanol–water partition coefficient (Wildman–Crippen LogP) is 4.20. The van der Waals surface area contributed by atoms with Crippen LogP contribution in [0, 0.1) is 17.3 Å². The topological polar surface area (TPSA) is 52.6 Å². The minimum atomic E-state index is -1.01. The fourth-order valence-corrected chi connectivity index (χ4v) is 2.81. The molecule has 2 rings (SSSR count). The van der Waals surface area contributed by atoms with E-state index in [0.29, 0.717) is 0 Å². The number of hydrogen-bond donors (Lipinski definition) is 0. The van der Waals surface area contributed by atoms with Crippen LogP contribution in [0.3, 0.4) is 0 Å². The number of carbonyl (C=O) groups is 2. The zero-order chi connectivity index (χ0) is 18.8. The molecule has 1 aromatic carbocycles. The summed E-state index contributed by atoms with van der Waals surface area (Å²) in [5.74, 6) is -3.21. The van der Waals surface area contributed by atoms with Crippen molar-refractivity contribution in [1.82, 2.24) is 0 Å². The summed E-state index contributed by atoms with van der Waals surface area (Å²) in [5, 5.41) is 0. The molecule has 0 heterocycles. The highest BCUT2D eigenvalue weighted by atomic mass is 19.1. The Morgan fingerprint density at radius 1 is 1.20 bits per heavy atom. The van der Waals surface area contributed by atoms with Gasteiger partial charge in [-0.25, -0.2) is 4.79 Å². The second-order valence-electron chi connectivity index (χ2n) is 7.93. The van der Waals surface area contributed by atoms with Gasteiger partial charge in [-0.1, -0.05) is 44.2 Å². The highest BCUT2D eigenvalue weighted by molar-refractivity contribution is 5.87. The van der Waals surface area contributed by atoms with Gasteiger partial charge >= 0.3 is 11.9 Å². The number of ether oxygens (including phenoxy) is 2. The minimum Gasteiger partial charge on any atom is -0.461 e. The summed E-state index contributed by atoms with van der Waals surface area (Å²) in [6.07, 6.45) is 1.18. The van der Waals surface area contributed by atoms with Crippen LogP contribution in [-0.2, 0) is 25.7 Å². The monoisotopic (exact) mass is 348 g/mol. The van der Waals surface area contributed by atoms with Crippen molar-refractivity contribution in [1.29, 1.82) is 0 Å². The molecule has 0 unspecified atom stereocenters. The zero-order valence-corrected chi connectivity index (χ0v) is 15.3. The molecule has 0 amide bonds. The van der Waals surface area contributed by atoms with Gasteiger partial charge < -0.3 is 9.47 Å². The summed E-state index contributed by atoms with van der Waals surface area (Å²) in [4.78, 5) is 24.0. The molecule has 1 aliphatic carbocycles. The molecule has 0 aromatic heterocycles. The highest BCUT2D eigenvalue weighted by Gasteiger charge is 2.62. The first-order valence-electron chi connectivity index (χ1n) is 8.33. The van der Waals surface area contributed by atoms with E-state index in [0.717, 1.165) is 5.56 Å². The van der Waals surface area contributed by atoms with E-state index in [-0.39, 0.29) is 18.5 Å². The van der Waals surface area contributed by atoms with Gasteiger partial charge in [-0.3, -0.25) is 4.79 Å². The maximum atomic E-state index is 14.1. The van der Waals surface area contributed by atoms with E-state index >= 15 is 0 Å². The number of allylic oxidation sites excluding steroid dienone is 1. The fourth-order valence-electron chi connectivity index (χ4n) is 2.81. The summed E-state index contributed by atoms with van der Waals surface area (Å²) < 4.78 is 24.4. The van der Waals surface area contributed by atoms with Crippen LogP contribution in [0.5, 0.6) is 0 Å². The van der Waals surface area contributed by atoms with Gasteiger partial charge in [-0.05, 0) is 43.7 Å². The Balaban J connectivity index is 1.97. The molecule has 1 aliphatic rings. The first-order valence-corrected chi connectivity index (χ1v) is 8.33. The molecule has 2 atom stereocenters. The Morgan fingerprint density at radius 2 is 1.80 bits per heavy atom. The second kappa shape index (κ2) is 6.98. The van der Waals surface area contributed by atoms with Crippen LogP contribution in [0.2, 0.25) is 0 Å². The van der Waals surface area contributed by atoms with Gasteiger partial charge in [0.15, 0.2) is 0 Å². The maximum absolute atomic E-state index is 14.1. The van der Waals surface area contributed by atoms with E-state index < -0.39 is 28.7 Å². The van der Waals surface area contributed by atoms with E-state index in [1.165, 1.54) is 6.08 Å². The maximum Gasteiger partial charge on any atom is 0.367 e. The quantitative estimate of drug-likeness (QED) is 0.591. The van der Waals surface area contributed by atoms with Crippen molar-refractivity contribution in [2.75, 3.05) is 0 Å². The van der Waals surface area contributed by atoms with Gasteiger partial charge in [0, 0.05) is 0 Å². The molecule has 1 fully saturated rings. The van der Waals surface area contributed by atoms with Crippen molar-refractivity contribution in [3.63, 3.8) is 0 Å². The van der Waals surface area contributed by atoms with Gasteiger partial charge in [-0.15, -0.1) is 0 Å². The van der Waals surface area contributed by atoms with Gasteiger partial charge in [0.2, 0.25) is 5.83 Å². The second-order valence-corrected chi connectivity index (χ2v) is 7.93. The average molecular weight is 348 g/mol. The average Bonchev–Trinajstić information content (AvgIpc) is 3.05. The Bertz CT molecular complexity index is 671. The molecule has 0 spiro atoms. The molecule has 0 saturated heterocycles. The van der Waals surface area contributed by atoms with Crippen LogP contribution in [-0.4, -0.2) is 17.5 Å². The van der Waals surface area contributed by atoms with E-state index in [9.17, 15) is 14.0 Å². The molecule has 136 valence electrons. The lowest BCUT2D eigenvalue weighted by Gasteiger charge is -2.18. The van der Waals surface area contributed by atoms with E-state index in [1.807, 2.05) is 44.2 Å². The molecular weight excluding hydrogens is 323 g/mol. The standard InChI is InChI=1S/C20H25FO4/c1-19(2,3)25-17(22)15(21)11-14-16(20(14,4)5)18(23)24-12-13-9-7-6-8-10-13/h6-11,14,16H,12H2,1-5H3/t14-,16-/m0/s1. The third kappa shape index (κ3) is 4.91. The Hall–Kier alpha value is -2.17. The molecule has 5 heteroatoms. The van der Waals surface area contributed by atoms with Crippen LogP contribution in [0.25, 0.3) is 0 Å². The summed E-state index contributed by atoms with van der Waals surface area (Å²) in [5.41, 5.74) is -0.330. The van der Waals surface area contributed by atoms with Crippen molar-refractivity contribution in [2.45, 2.75) is 46.8 Å². The van der Waals surface area contributed by atoms with Gasteiger partial charge in [0.05, 0.1) is 5.92 Å². The van der Waals surface area contributed by atoms with Crippen molar-refractivity contribution >= 4 is 11.9 Å². The Kier molecular flexibility index (Phi) is 5.35.